The molecule has 2 unspecified atom stereocenters. The van der Waals surface area contributed by atoms with Gasteiger partial charge in [0.05, 0.1) is 5.69 Å². The van der Waals surface area contributed by atoms with Crippen LogP contribution in [-0.4, -0.2) is 16.3 Å². The minimum Gasteiger partial charge on any atom is -0.310 e. The van der Waals surface area contributed by atoms with E-state index in [1.165, 1.54) is 36.2 Å². The first-order valence-electron chi connectivity index (χ1n) is 8.32. The van der Waals surface area contributed by atoms with Crippen LogP contribution in [0.2, 0.25) is 0 Å². The quantitative estimate of drug-likeness (QED) is 0.726. The Morgan fingerprint density at radius 2 is 1.85 bits per heavy atom. The summed E-state index contributed by atoms with van der Waals surface area (Å²) >= 11 is 0. The SMILES string of the molecule is CCCNC(CC)c1c(C)nn(CC(C)CCC)c1C. The molecule has 0 aliphatic carbocycles. The van der Waals surface area contributed by atoms with Crippen molar-refractivity contribution in [3.63, 3.8) is 0 Å². The van der Waals surface area contributed by atoms with E-state index < -0.39 is 0 Å². The highest BCUT2D eigenvalue weighted by atomic mass is 15.3. The molecule has 0 fully saturated rings. The number of aryl methyl sites for hydroxylation is 1. The first kappa shape index (κ1) is 17.2. The number of nitrogens with zero attached hydrogens (tertiary/aromatic N) is 2. The second-order valence-corrected chi connectivity index (χ2v) is 6.08. The van der Waals surface area contributed by atoms with Gasteiger partial charge in [-0.3, -0.25) is 4.68 Å². The van der Waals surface area contributed by atoms with E-state index in [-0.39, 0.29) is 0 Å². The van der Waals surface area contributed by atoms with Crippen LogP contribution in [0.25, 0.3) is 0 Å². The van der Waals surface area contributed by atoms with E-state index in [9.17, 15) is 0 Å². The number of hydrogen-bond acceptors (Lipinski definition) is 2. The lowest BCUT2D eigenvalue weighted by atomic mass is 10.0. The molecule has 1 aromatic heterocycles. The van der Waals surface area contributed by atoms with Gasteiger partial charge in [0.25, 0.3) is 0 Å². The summed E-state index contributed by atoms with van der Waals surface area (Å²) in [4.78, 5) is 0. The Balaban J connectivity index is 2.89. The van der Waals surface area contributed by atoms with E-state index in [1.54, 1.807) is 0 Å². The molecule has 116 valence electrons. The van der Waals surface area contributed by atoms with Crippen molar-refractivity contribution in [2.45, 2.75) is 79.8 Å². The zero-order valence-electron chi connectivity index (χ0n) is 14.3. The zero-order chi connectivity index (χ0) is 15.1. The smallest absolute Gasteiger partial charge is 0.0644 e. The third-order valence-corrected chi connectivity index (χ3v) is 4.10. The number of nitrogens with one attached hydrogen (secondary N) is 1. The number of aromatic nitrogens is 2. The molecule has 3 heteroatoms. The molecule has 20 heavy (non-hydrogen) atoms. The Labute approximate surface area is 125 Å². The molecule has 1 N–H and O–H groups in total. The van der Waals surface area contributed by atoms with Crippen LogP contribution in [0.1, 0.15) is 76.4 Å². The average molecular weight is 279 g/mol. The molecule has 1 heterocycles. The molecular weight excluding hydrogens is 246 g/mol. The summed E-state index contributed by atoms with van der Waals surface area (Å²) in [6, 6.07) is 0.449. The van der Waals surface area contributed by atoms with Crippen molar-refractivity contribution in [3.05, 3.63) is 17.0 Å². The van der Waals surface area contributed by atoms with Gasteiger partial charge in [-0.25, -0.2) is 0 Å². The van der Waals surface area contributed by atoms with Crippen LogP contribution < -0.4 is 5.32 Å². The first-order chi connectivity index (χ1) is 9.54. The van der Waals surface area contributed by atoms with Gasteiger partial charge in [0.2, 0.25) is 0 Å². The zero-order valence-corrected chi connectivity index (χ0v) is 14.3. The standard InChI is InChI=1S/C17H33N3/c1-7-10-13(4)12-20-15(6)17(14(5)19-20)16(9-3)18-11-8-2/h13,16,18H,7-12H2,1-6H3. The Morgan fingerprint density at radius 3 is 2.40 bits per heavy atom. The van der Waals surface area contributed by atoms with Crippen molar-refractivity contribution >= 4 is 0 Å². The van der Waals surface area contributed by atoms with Crippen molar-refractivity contribution in [1.29, 1.82) is 0 Å². The molecule has 3 nitrogen and oxygen atoms in total. The van der Waals surface area contributed by atoms with Crippen LogP contribution in [0, 0.1) is 19.8 Å². The van der Waals surface area contributed by atoms with Crippen LogP contribution in [0.5, 0.6) is 0 Å². The van der Waals surface area contributed by atoms with Gasteiger partial charge < -0.3 is 5.32 Å². The summed E-state index contributed by atoms with van der Waals surface area (Å²) in [5.74, 6) is 0.703. The Morgan fingerprint density at radius 1 is 1.15 bits per heavy atom. The maximum absolute atomic E-state index is 4.79. The molecule has 0 spiro atoms. The van der Waals surface area contributed by atoms with Crippen LogP contribution in [0.4, 0.5) is 0 Å². The molecule has 0 aliphatic rings. The molecule has 0 aliphatic heterocycles. The van der Waals surface area contributed by atoms with Gasteiger partial charge in [0.15, 0.2) is 0 Å². The van der Waals surface area contributed by atoms with Gasteiger partial charge in [-0.15, -0.1) is 0 Å². The fourth-order valence-electron chi connectivity index (χ4n) is 3.04. The molecule has 0 bridgehead atoms. The number of rotatable bonds is 9. The fraction of sp³-hybridized carbons (Fsp3) is 0.824. The minimum absolute atomic E-state index is 0.449. The van der Waals surface area contributed by atoms with E-state index >= 15 is 0 Å². The maximum Gasteiger partial charge on any atom is 0.0644 e. The van der Waals surface area contributed by atoms with Crippen LogP contribution in [0.3, 0.4) is 0 Å². The molecule has 0 amide bonds. The molecule has 2 atom stereocenters. The van der Waals surface area contributed by atoms with Gasteiger partial charge in [-0.2, -0.15) is 5.10 Å². The largest absolute Gasteiger partial charge is 0.310 e. The second kappa shape index (κ2) is 8.46. The van der Waals surface area contributed by atoms with Gasteiger partial charge in [0, 0.05) is 23.8 Å². The second-order valence-electron chi connectivity index (χ2n) is 6.08. The van der Waals surface area contributed by atoms with Crippen molar-refractivity contribution < 1.29 is 0 Å². The Kier molecular flexibility index (Phi) is 7.28. The predicted molar refractivity (Wildman–Crippen MR) is 87.1 cm³/mol. The fourth-order valence-corrected chi connectivity index (χ4v) is 3.04. The van der Waals surface area contributed by atoms with E-state index in [0.717, 1.165) is 19.5 Å². The van der Waals surface area contributed by atoms with Gasteiger partial charge >= 0.3 is 0 Å². The Bertz CT molecular complexity index is 395. The summed E-state index contributed by atoms with van der Waals surface area (Å²) in [5.41, 5.74) is 3.97. The van der Waals surface area contributed by atoms with Crippen molar-refractivity contribution in [3.8, 4) is 0 Å². The molecule has 0 aromatic carbocycles. The lowest BCUT2D eigenvalue weighted by molar-refractivity contribution is 0.413. The average Bonchev–Trinajstić information content (AvgIpc) is 2.67. The third kappa shape index (κ3) is 4.34. The van der Waals surface area contributed by atoms with Crippen molar-refractivity contribution in [1.82, 2.24) is 15.1 Å². The highest BCUT2D eigenvalue weighted by Gasteiger charge is 2.19. The molecular formula is C17H33N3. The Hall–Kier alpha value is -0.830. The van der Waals surface area contributed by atoms with Crippen LogP contribution >= 0.6 is 0 Å². The monoisotopic (exact) mass is 279 g/mol. The summed E-state index contributed by atoms with van der Waals surface area (Å²) in [7, 11) is 0. The van der Waals surface area contributed by atoms with Crippen molar-refractivity contribution in [2.75, 3.05) is 6.54 Å². The van der Waals surface area contributed by atoms with E-state index in [4.69, 9.17) is 5.10 Å². The molecule has 0 radical (unpaired) electrons. The summed E-state index contributed by atoms with van der Waals surface area (Å²) < 4.78 is 2.22. The van der Waals surface area contributed by atoms with Gasteiger partial charge in [-0.05, 0) is 45.6 Å². The highest BCUT2D eigenvalue weighted by Crippen LogP contribution is 2.25. The normalized spacial score (nSPS) is 14.5. The van der Waals surface area contributed by atoms with E-state index in [0.29, 0.717) is 12.0 Å². The van der Waals surface area contributed by atoms with Gasteiger partial charge in [0.1, 0.15) is 0 Å². The van der Waals surface area contributed by atoms with E-state index in [2.05, 4.69) is 51.5 Å². The molecule has 1 aromatic rings. The topological polar surface area (TPSA) is 29.9 Å². The van der Waals surface area contributed by atoms with Gasteiger partial charge in [-0.1, -0.05) is 34.1 Å². The maximum atomic E-state index is 4.79. The first-order valence-corrected chi connectivity index (χ1v) is 8.32. The lowest BCUT2D eigenvalue weighted by Gasteiger charge is -2.18. The van der Waals surface area contributed by atoms with E-state index in [1.807, 2.05) is 0 Å². The number of hydrogen-bond donors (Lipinski definition) is 1. The van der Waals surface area contributed by atoms with Crippen molar-refractivity contribution in [2.24, 2.45) is 5.92 Å². The lowest BCUT2D eigenvalue weighted by Crippen LogP contribution is -2.22. The molecule has 0 saturated heterocycles. The molecule has 1 rings (SSSR count). The van der Waals surface area contributed by atoms with Crippen LogP contribution in [-0.2, 0) is 6.54 Å². The summed E-state index contributed by atoms with van der Waals surface area (Å²) in [6.07, 6.45) is 4.83. The summed E-state index contributed by atoms with van der Waals surface area (Å²) in [6.45, 7) is 15.6. The third-order valence-electron chi connectivity index (χ3n) is 4.10. The minimum atomic E-state index is 0.449. The predicted octanol–water partition coefficient (Wildman–Crippen LogP) is 4.39. The summed E-state index contributed by atoms with van der Waals surface area (Å²) in [5, 5.41) is 8.44. The molecule has 0 saturated carbocycles. The highest BCUT2D eigenvalue weighted by molar-refractivity contribution is 5.28. The van der Waals surface area contributed by atoms with Crippen LogP contribution in [0.15, 0.2) is 0 Å².